The Morgan fingerprint density at radius 2 is 1.71 bits per heavy atom. The Balaban J connectivity index is 1.70. The number of nitrogens with zero attached hydrogens (tertiary/aromatic N) is 1. The van der Waals surface area contributed by atoms with Gasteiger partial charge in [-0.05, 0) is 67.6 Å². The summed E-state index contributed by atoms with van der Waals surface area (Å²) in [6, 6.07) is 7.43. The summed E-state index contributed by atoms with van der Waals surface area (Å²) in [7, 11) is -4.14. The van der Waals surface area contributed by atoms with E-state index >= 15 is 0 Å². The molecule has 2 N–H and O–H groups in total. The number of aryl methyl sites for hydroxylation is 1. The van der Waals surface area contributed by atoms with Crippen LogP contribution in [-0.4, -0.2) is 27.4 Å². The molecule has 2 aliphatic rings. The smallest absolute Gasteiger partial charge is 0.370 e. The van der Waals surface area contributed by atoms with Crippen LogP contribution < -0.4 is 14.9 Å². The number of halogens is 3. The SMILES string of the molecule is O=C1CCc2cc(S(=O)(=O)Nc3cc(C(F)(F)F)ccc3N3CCCCC3)ccc2N1. The second-order valence-corrected chi connectivity index (χ2v) is 9.43. The molecule has 0 aliphatic carbocycles. The van der Waals surface area contributed by atoms with Crippen LogP contribution >= 0.6 is 0 Å². The predicted octanol–water partition coefficient (Wildman–Crippen LogP) is 4.38. The zero-order valence-corrected chi connectivity index (χ0v) is 17.4. The number of anilines is 3. The highest BCUT2D eigenvalue weighted by molar-refractivity contribution is 7.92. The number of piperidine rings is 1. The van der Waals surface area contributed by atoms with Gasteiger partial charge < -0.3 is 10.2 Å². The fourth-order valence-electron chi connectivity index (χ4n) is 3.94. The molecule has 6 nitrogen and oxygen atoms in total. The molecule has 0 unspecified atom stereocenters. The van der Waals surface area contributed by atoms with Gasteiger partial charge in [-0.2, -0.15) is 13.2 Å². The van der Waals surface area contributed by atoms with Crippen molar-refractivity contribution in [1.82, 2.24) is 0 Å². The summed E-state index contributed by atoms with van der Waals surface area (Å²) in [6.07, 6.45) is -1.13. The van der Waals surface area contributed by atoms with Crippen LogP contribution in [0.4, 0.5) is 30.2 Å². The Morgan fingerprint density at radius 3 is 2.42 bits per heavy atom. The van der Waals surface area contributed by atoms with Crippen molar-refractivity contribution in [1.29, 1.82) is 0 Å². The number of fused-ring (bicyclic) bond motifs is 1. The van der Waals surface area contributed by atoms with Gasteiger partial charge in [0.25, 0.3) is 10.0 Å². The third-order valence-corrected chi connectivity index (χ3v) is 6.91. The fourth-order valence-corrected chi connectivity index (χ4v) is 5.05. The van der Waals surface area contributed by atoms with Crippen molar-refractivity contribution >= 4 is 33.0 Å². The average Bonchev–Trinajstić information content (AvgIpc) is 2.73. The number of hydrogen-bond donors (Lipinski definition) is 2. The number of rotatable bonds is 4. The summed E-state index contributed by atoms with van der Waals surface area (Å²) in [6.45, 7) is 1.30. The molecule has 1 fully saturated rings. The van der Waals surface area contributed by atoms with Gasteiger partial charge in [0.1, 0.15) is 0 Å². The first kappa shape index (κ1) is 21.5. The molecule has 10 heteroatoms. The van der Waals surface area contributed by atoms with E-state index < -0.39 is 21.8 Å². The van der Waals surface area contributed by atoms with Crippen LogP contribution in [-0.2, 0) is 27.4 Å². The normalized spacial score (nSPS) is 17.1. The lowest BCUT2D eigenvalue weighted by Crippen LogP contribution is -2.30. The maximum Gasteiger partial charge on any atom is 0.416 e. The number of hydrogen-bond acceptors (Lipinski definition) is 4. The molecule has 1 amide bonds. The van der Waals surface area contributed by atoms with E-state index in [1.165, 1.54) is 24.3 Å². The van der Waals surface area contributed by atoms with Crippen molar-refractivity contribution in [3.63, 3.8) is 0 Å². The number of amides is 1. The first-order valence-corrected chi connectivity index (χ1v) is 11.5. The molecule has 2 aliphatic heterocycles. The highest BCUT2D eigenvalue weighted by atomic mass is 32.2. The molecule has 0 saturated carbocycles. The molecule has 166 valence electrons. The topological polar surface area (TPSA) is 78.5 Å². The number of nitrogens with one attached hydrogen (secondary N) is 2. The van der Waals surface area contributed by atoms with E-state index in [1.807, 2.05) is 4.90 Å². The van der Waals surface area contributed by atoms with Crippen LogP contribution in [0.15, 0.2) is 41.3 Å². The van der Waals surface area contributed by atoms with E-state index in [0.29, 0.717) is 36.4 Å². The molecule has 0 atom stereocenters. The zero-order chi connectivity index (χ0) is 22.2. The van der Waals surface area contributed by atoms with E-state index in [2.05, 4.69) is 10.0 Å². The van der Waals surface area contributed by atoms with Gasteiger partial charge in [-0.25, -0.2) is 8.42 Å². The molecule has 2 aromatic rings. The van der Waals surface area contributed by atoms with Gasteiger partial charge >= 0.3 is 6.18 Å². The van der Waals surface area contributed by atoms with Gasteiger partial charge in [-0.3, -0.25) is 9.52 Å². The maximum absolute atomic E-state index is 13.3. The third kappa shape index (κ3) is 4.63. The van der Waals surface area contributed by atoms with Crippen molar-refractivity contribution in [3.8, 4) is 0 Å². The Hall–Kier alpha value is -2.75. The predicted molar refractivity (Wildman–Crippen MR) is 112 cm³/mol. The van der Waals surface area contributed by atoms with Gasteiger partial charge in [-0.1, -0.05) is 0 Å². The number of carbonyl (C=O) groups excluding carboxylic acids is 1. The number of benzene rings is 2. The molecule has 0 aromatic heterocycles. The van der Waals surface area contributed by atoms with Crippen molar-refractivity contribution in [3.05, 3.63) is 47.5 Å². The van der Waals surface area contributed by atoms with Crippen LogP contribution in [0, 0.1) is 0 Å². The largest absolute Gasteiger partial charge is 0.416 e. The van der Waals surface area contributed by atoms with Crippen molar-refractivity contribution in [2.24, 2.45) is 0 Å². The molecular formula is C21H22F3N3O3S. The standard InChI is InChI=1S/C21H22F3N3O3S/c22-21(23,24)15-5-8-19(27-10-2-1-3-11-27)18(13-15)26-31(29,30)16-6-7-17-14(12-16)4-9-20(28)25-17/h5-8,12-13,26H,1-4,9-11H2,(H,25,28). The van der Waals surface area contributed by atoms with Gasteiger partial charge in [0.15, 0.2) is 0 Å². The lowest BCUT2D eigenvalue weighted by molar-refractivity contribution is -0.137. The van der Waals surface area contributed by atoms with Gasteiger partial charge in [-0.15, -0.1) is 0 Å². The summed E-state index contributed by atoms with van der Waals surface area (Å²) in [5.74, 6) is -0.142. The van der Waals surface area contributed by atoms with Gasteiger partial charge in [0.05, 0.1) is 21.8 Å². The minimum absolute atomic E-state index is 0.0654. The molecular weight excluding hydrogens is 431 g/mol. The molecule has 31 heavy (non-hydrogen) atoms. The summed E-state index contributed by atoms with van der Waals surface area (Å²) >= 11 is 0. The van der Waals surface area contributed by atoms with Crippen LogP contribution in [0.5, 0.6) is 0 Å². The maximum atomic E-state index is 13.3. The highest BCUT2D eigenvalue weighted by Gasteiger charge is 2.32. The molecule has 0 spiro atoms. The van der Waals surface area contributed by atoms with E-state index in [-0.39, 0.29) is 22.9 Å². The van der Waals surface area contributed by atoms with Crippen molar-refractivity contribution in [2.75, 3.05) is 28.0 Å². The van der Waals surface area contributed by atoms with Crippen molar-refractivity contribution < 1.29 is 26.4 Å². The Kier molecular flexibility index (Phi) is 5.59. The minimum Gasteiger partial charge on any atom is -0.370 e. The first-order chi connectivity index (χ1) is 14.6. The minimum atomic E-state index is -4.59. The zero-order valence-electron chi connectivity index (χ0n) is 16.6. The average molecular weight is 453 g/mol. The van der Waals surface area contributed by atoms with Crippen LogP contribution in [0.1, 0.15) is 36.8 Å². The lowest BCUT2D eigenvalue weighted by atomic mass is 10.0. The summed E-state index contributed by atoms with van der Waals surface area (Å²) in [4.78, 5) is 13.4. The summed E-state index contributed by atoms with van der Waals surface area (Å²) in [5, 5.41) is 2.68. The molecule has 0 radical (unpaired) electrons. The van der Waals surface area contributed by atoms with Gasteiger partial charge in [0, 0.05) is 25.2 Å². The Morgan fingerprint density at radius 1 is 0.968 bits per heavy atom. The quantitative estimate of drug-likeness (QED) is 0.720. The van der Waals surface area contributed by atoms with E-state index in [1.54, 1.807) is 0 Å². The van der Waals surface area contributed by atoms with Gasteiger partial charge in [0.2, 0.25) is 5.91 Å². The molecule has 2 aromatic carbocycles. The number of carbonyl (C=O) groups is 1. The van der Waals surface area contributed by atoms with Crippen LogP contribution in [0.3, 0.4) is 0 Å². The van der Waals surface area contributed by atoms with E-state index in [9.17, 15) is 26.4 Å². The van der Waals surface area contributed by atoms with Crippen LogP contribution in [0.25, 0.3) is 0 Å². The summed E-state index contributed by atoms with van der Waals surface area (Å²) in [5.41, 5.74) is 0.634. The Labute approximate surface area is 178 Å². The highest BCUT2D eigenvalue weighted by Crippen LogP contribution is 2.37. The second kappa shape index (κ2) is 8.07. The molecule has 1 saturated heterocycles. The van der Waals surface area contributed by atoms with Crippen LogP contribution in [0.2, 0.25) is 0 Å². The second-order valence-electron chi connectivity index (χ2n) is 7.75. The number of sulfonamides is 1. The van der Waals surface area contributed by atoms with E-state index in [0.717, 1.165) is 31.4 Å². The fraction of sp³-hybridized carbons (Fsp3) is 0.381. The number of alkyl halides is 3. The summed E-state index contributed by atoms with van der Waals surface area (Å²) < 4.78 is 68.3. The molecule has 0 bridgehead atoms. The lowest BCUT2D eigenvalue weighted by Gasteiger charge is -2.31. The van der Waals surface area contributed by atoms with Crippen molar-refractivity contribution in [2.45, 2.75) is 43.2 Å². The first-order valence-electron chi connectivity index (χ1n) is 10.1. The van der Waals surface area contributed by atoms with E-state index in [4.69, 9.17) is 0 Å². The monoisotopic (exact) mass is 453 g/mol. The molecule has 4 rings (SSSR count). The Bertz CT molecular complexity index is 1110. The molecule has 2 heterocycles. The third-order valence-electron chi connectivity index (χ3n) is 5.55.